The Balaban J connectivity index is 1.82. The van der Waals surface area contributed by atoms with E-state index in [0.29, 0.717) is 42.1 Å². The highest BCUT2D eigenvalue weighted by Gasteiger charge is 2.20. The van der Waals surface area contributed by atoms with Crippen LogP contribution in [-0.4, -0.2) is 41.6 Å². The van der Waals surface area contributed by atoms with E-state index in [4.69, 9.17) is 10.2 Å². The van der Waals surface area contributed by atoms with Crippen molar-refractivity contribution in [3.63, 3.8) is 0 Å². The van der Waals surface area contributed by atoms with Gasteiger partial charge in [0.05, 0.1) is 23.5 Å². The molecule has 1 unspecified atom stereocenters. The fourth-order valence-corrected chi connectivity index (χ4v) is 5.21. The molecule has 0 aliphatic heterocycles. The Bertz CT molecular complexity index is 1260. The molecule has 180 valence electrons. The zero-order chi connectivity index (χ0) is 24.2. The summed E-state index contributed by atoms with van der Waals surface area (Å²) in [6.07, 6.45) is 10.3. The van der Waals surface area contributed by atoms with Crippen LogP contribution in [0.3, 0.4) is 0 Å². The summed E-state index contributed by atoms with van der Waals surface area (Å²) in [5.74, 6) is 1.08. The lowest BCUT2D eigenvalue weighted by atomic mass is 9.95. The van der Waals surface area contributed by atoms with Gasteiger partial charge in [-0.15, -0.1) is 0 Å². The number of pyridine rings is 2. The Morgan fingerprint density at radius 3 is 2.64 bits per heavy atom. The maximum atomic E-state index is 12.8. The molecule has 8 nitrogen and oxygen atoms in total. The summed E-state index contributed by atoms with van der Waals surface area (Å²) in [6, 6.07) is 3.65. The van der Waals surface area contributed by atoms with Crippen molar-refractivity contribution in [2.75, 3.05) is 25.1 Å². The maximum absolute atomic E-state index is 12.8. The molecular formula is C24H34N4O4S. The summed E-state index contributed by atoms with van der Waals surface area (Å²) < 4.78 is 33.2. The number of hydrogen-bond acceptors (Lipinski definition) is 6. The van der Waals surface area contributed by atoms with E-state index in [9.17, 15) is 13.2 Å². The highest BCUT2D eigenvalue weighted by Crippen LogP contribution is 2.33. The molecule has 0 aliphatic carbocycles. The molecule has 0 aliphatic rings. The van der Waals surface area contributed by atoms with E-state index in [2.05, 4.69) is 11.9 Å². The molecule has 0 fully saturated rings. The van der Waals surface area contributed by atoms with Crippen LogP contribution in [0.25, 0.3) is 22.1 Å². The molecule has 3 aromatic heterocycles. The Hall–Kier alpha value is -2.65. The minimum Gasteiger partial charge on any atom is -0.460 e. The smallest absolute Gasteiger partial charge is 0.261 e. The second-order valence-corrected chi connectivity index (χ2v) is 10.6. The predicted octanol–water partition coefficient (Wildman–Crippen LogP) is 3.80. The van der Waals surface area contributed by atoms with Gasteiger partial charge in [0.25, 0.3) is 5.56 Å². The summed E-state index contributed by atoms with van der Waals surface area (Å²) in [5.41, 5.74) is 8.60. The van der Waals surface area contributed by atoms with E-state index < -0.39 is 10.0 Å². The van der Waals surface area contributed by atoms with Gasteiger partial charge in [-0.3, -0.25) is 9.78 Å². The molecular weight excluding hydrogens is 440 g/mol. The highest BCUT2D eigenvalue weighted by molar-refractivity contribution is 7.88. The molecule has 0 saturated carbocycles. The van der Waals surface area contributed by atoms with Gasteiger partial charge in [0.15, 0.2) is 0 Å². The molecule has 1 atom stereocenters. The largest absolute Gasteiger partial charge is 0.460 e. The molecule has 33 heavy (non-hydrogen) atoms. The molecule has 2 N–H and O–H groups in total. The highest BCUT2D eigenvalue weighted by atomic mass is 32.2. The van der Waals surface area contributed by atoms with Gasteiger partial charge in [-0.1, -0.05) is 20.3 Å². The summed E-state index contributed by atoms with van der Waals surface area (Å²) in [7, 11) is -1.47. The summed E-state index contributed by atoms with van der Waals surface area (Å²) in [6.45, 7) is 5.17. The molecule has 0 aromatic carbocycles. The average Bonchev–Trinajstić information content (AvgIpc) is 3.19. The molecule has 9 heteroatoms. The number of rotatable bonds is 11. The molecule has 0 radical (unpaired) electrons. The first-order valence-electron chi connectivity index (χ1n) is 11.4. The first kappa shape index (κ1) is 25.0. The van der Waals surface area contributed by atoms with Crippen LogP contribution < -0.4 is 11.3 Å². The van der Waals surface area contributed by atoms with Gasteiger partial charge in [0.2, 0.25) is 10.0 Å². The van der Waals surface area contributed by atoms with E-state index in [1.165, 1.54) is 6.26 Å². The van der Waals surface area contributed by atoms with E-state index in [1.807, 2.05) is 19.1 Å². The topological polar surface area (TPSA) is 111 Å². The molecule has 0 amide bonds. The quantitative estimate of drug-likeness (QED) is 0.452. The zero-order valence-electron chi connectivity index (χ0n) is 19.9. The number of hydrogen-bond donors (Lipinski definition) is 1. The van der Waals surface area contributed by atoms with Crippen LogP contribution in [0.1, 0.15) is 45.3 Å². The van der Waals surface area contributed by atoms with Crippen LogP contribution in [0.15, 0.2) is 39.9 Å². The first-order valence-corrected chi connectivity index (χ1v) is 13.3. The zero-order valence-corrected chi connectivity index (χ0v) is 20.7. The van der Waals surface area contributed by atoms with Crippen molar-refractivity contribution in [3.8, 4) is 11.1 Å². The number of fused-ring (bicyclic) bond motifs is 1. The number of nitrogen functional groups attached to an aromatic ring is 1. The normalized spacial score (nSPS) is 13.1. The van der Waals surface area contributed by atoms with Gasteiger partial charge in [0, 0.05) is 50.1 Å². The van der Waals surface area contributed by atoms with Crippen LogP contribution in [0.2, 0.25) is 0 Å². The van der Waals surface area contributed by atoms with Crippen molar-refractivity contribution in [2.45, 2.75) is 46.0 Å². The van der Waals surface area contributed by atoms with Crippen LogP contribution in [0, 0.1) is 5.92 Å². The summed E-state index contributed by atoms with van der Waals surface area (Å²) in [4.78, 5) is 16.8. The fraction of sp³-hybridized carbons (Fsp3) is 0.500. The SMILES string of the molecule is CCCN(CCCC(CC)Cc1cc2c(=O)n(C)cc(-c3ccncc3N)c2o1)S(C)(=O)=O. The van der Waals surface area contributed by atoms with Gasteiger partial charge in [-0.25, -0.2) is 12.7 Å². The van der Waals surface area contributed by atoms with Gasteiger partial charge in [0.1, 0.15) is 11.3 Å². The second kappa shape index (κ2) is 10.5. The summed E-state index contributed by atoms with van der Waals surface area (Å²) in [5, 5.41) is 0.530. The minimum atomic E-state index is -3.19. The Kier molecular flexibility index (Phi) is 7.97. The standard InChI is InChI=1S/C24H34N4O4S/c1-5-11-28(33(4,30)31)12-7-8-17(6-2)13-18-14-20-23(32-18)21(16-27(3)24(20)29)19-9-10-26-15-22(19)25/h9-10,14-17H,5-8,11-13,25H2,1-4H3. The number of sulfonamides is 1. The number of nitrogens with zero attached hydrogens (tertiary/aromatic N) is 3. The van der Waals surface area contributed by atoms with Crippen LogP contribution in [0.5, 0.6) is 0 Å². The molecule has 3 rings (SSSR count). The van der Waals surface area contributed by atoms with Gasteiger partial charge in [-0.2, -0.15) is 0 Å². The Morgan fingerprint density at radius 2 is 2.00 bits per heavy atom. The van der Waals surface area contributed by atoms with E-state index in [0.717, 1.165) is 42.6 Å². The van der Waals surface area contributed by atoms with Crippen LogP contribution in [0.4, 0.5) is 5.69 Å². The maximum Gasteiger partial charge on any atom is 0.261 e. The third-order valence-electron chi connectivity index (χ3n) is 6.07. The monoisotopic (exact) mass is 474 g/mol. The van der Waals surface area contributed by atoms with E-state index >= 15 is 0 Å². The number of furan rings is 1. The first-order chi connectivity index (χ1) is 15.7. The summed E-state index contributed by atoms with van der Waals surface area (Å²) >= 11 is 0. The van der Waals surface area contributed by atoms with Crippen molar-refractivity contribution in [3.05, 3.63) is 46.8 Å². The van der Waals surface area contributed by atoms with Crippen molar-refractivity contribution in [1.82, 2.24) is 13.9 Å². The van der Waals surface area contributed by atoms with Crippen molar-refractivity contribution in [1.29, 1.82) is 0 Å². The van der Waals surface area contributed by atoms with Gasteiger partial charge in [-0.05, 0) is 37.3 Å². The minimum absolute atomic E-state index is 0.118. The lowest BCUT2D eigenvalue weighted by molar-refractivity contribution is 0.361. The molecule has 3 heterocycles. The fourth-order valence-electron chi connectivity index (χ4n) is 4.23. The Labute approximate surface area is 195 Å². The number of aryl methyl sites for hydroxylation is 1. The third kappa shape index (κ3) is 5.83. The second-order valence-electron chi connectivity index (χ2n) is 8.66. The van der Waals surface area contributed by atoms with E-state index in [1.54, 1.807) is 34.5 Å². The van der Waals surface area contributed by atoms with Gasteiger partial charge >= 0.3 is 0 Å². The number of aromatic nitrogens is 2. The molecule has 0 bridgehead atoms. The third-order valence-corrected chi connectivity index (χ3v) is 7.38. The van der Waals surface area contributed by atoms with Crippen molar-refractivity contribution < 1.29 is 12.8 Å². The van der Waals surface area contributed by atoms with Crippen LogP contribution in [-0.2, 0) is 23.5 Å². The lowest BCUT2D eigenvalue weighted by Gasteiger charge is -2.20. The lowest BCUT2D eigenvalue weighted by Crippen LogP contribution is -2.32. The number of anilines is 1. The molecule has 0 spiro atoms. The van der Waals surface area contributed by atoms with Crippen molar-refractivity contribution in [2.24, 2.45) is 13.0 Å². The van der Waals surface area contributed by atoms with Gasteiger partial charge < -0.3 is 14.7 Å². The van der Waals surface area contributed by atoms with Crippen molar-refractivity contribution >= 4 is 26.7 Å². The number of nitrogens with two attached hydrogens (primary N) is 1. The molecule has 3 aromatic rings. The predicted molar refractivity (Wildman–Crippen MR) is 133 cm³/mol. The Morgan fingerprint density at radius 1 is 1.24 bits per heavy atom. The van der Waals surface area contributed by atoms with Crippen LogP contribution >= 0.6 is 0 Å². The average molecular weight is 475 g/mol. The van der Waals surface area contributed by atoms with E-state index in [-0.39, 0.29) is 5.56 Å². The molecule has 0 saturated heterocycles.